The van der Waals surface area contributed by atoms with Crippen LogP contribution >= 0.6 is 0 Å². The number of nitrogens with one attached hydrogen (secondary N) is 2. The maximum absolute atomic E-state index is 7.39. The minimum Gasteiger partial charge on any atom is -0.370 e. The van der Waals surface area contributed by atoms with Gasteiger partial charge in [-0.15, -0.1) is 0 Å². The maximum Gasteiger partial charge on any atom is 0.226 e. The molecule has 0 saturated carbocycles. The lowest BCUT2D eigenvalue weighted by Crippen LogP contribution is -2.31. The molecule has 1 aliphatic rings. The van der Waals surface area contributed by atoms with Gasteiger partial charge in [0, 0.05) is 30.0 Å². The molecule has 0 unspecified atom stereocenters. The molecule has 0 spiro atoms. The van der Waals surface area contributed by atoms with Crippen LogP contribution in [0, 0.1) is 5.41 Å². The lowest BCUT2D eigenvalue weighted by Gasteiger charge is -2.27. The third-order valence-electron chi connectivity index (χ3n) is 5.61. The molecule has 6 heteroatoms. The van der Waals surface area contributed by atoms with Crippen molar-refractivity contribution in [2.24, 2.45) is 5.73 Å². The summed E-state index contributed by atoms with van der Waals surface area (Å²) < 4.78 is 0. The van der Waals surface area contributed by atoms with E-state index in [-0.39, 0.29) is 5.96 Å². The molecule has 1 fully saturated rings. The van der Waals surface area contributed by atoms with Crippen LogP contribution in [-0.2, 0) is 12.8 Å². The molecule has 2 aromatic carbocycles. The van der Waals surface area contributed by atoms with Crippen molar-refractivity contribution in [3.05, 3.63) is 71.9 Å². The van der Waals surface area contributed by atoms with E-state index < -0.39 is 0 Å². The average Bonchev–Trinajstić information content (AvgIpc) is 2.80. The van der Waals surface area contributed by atoms with Gasteiger partial charge >= 0.3 is 0 Å². The fourth-order valence-corrected chi connectivity index (χ4v) is 3.99. The zero-order chi connectivity index (χ0) is 21.5. The van der Waals surface area contributed by atoms with Gasteiger partial charge in [0.05, 0.1) is 5.69 Å². The first-order valence-electron chi connectivity index (χ1n) is 11.1. The number of anilines is 2. The van der Waals surface area contributed by atoms with Gasteiger partial charge in [0.1, 0.15) is 0 Å². The summed E-state index contributed by atoms with van der Waals surface area (Å²) in [6, 6.07) is 20.6. The van der Waals surface area contributed by atoms with Gasteiger partial charge in [-0.3, -0.25) is 5.41 Å². The fraction of sp³-hybridized carbons (Fsp3) is 0.320. The molecule has 1 aliphatic heterocycles. The fourth-order valence-electron chi connectivity index (χ4n) is 3.99. The minimum atomic E-state index is -0.0668. The average molecular weight is 415 g/mol. The third-order valence-corrected chi connectivity index (χ3v) is 5.61. The first-order chi connectivity index (χ1) is 15.2. The Hall–Kier alpha value is -3.41. The van der Waals surface area contributed by atoms with Crippen LogP contribution in [0.2, 0.25) is 0 Å². The predicted octanol–water partition coefficient (Wildman–Crippen LogP) is 4.61. The summed E-state index contributed by atoms with van der Waals surface area (Å²) in [4.78, 5) is 12.2. The zero-order valence-corrected chi connectivity index (χ0v) is 17.8. The van der Waals surface area contributed by atoms with Crippen LogP contribution in [0.25, 0.3) is 11.3 Å². The summed E-state index contributed by atoms with van der Waals surface area (Å²) in [5.74, 6) is 0.778. The standard InChI is InChI=1S/C25H30N6/c26-24(27)28-21-14-12-20(13-15-21)23-18-22(11-7-10-19-8-3-1-4-9-19)29-25(30-23)31-16-5-2-6-17-31/h1,3-4,8-9,12-15,18H,2,5-7,10-11,16-17H2,(H4,26,27,28). The van der Waals surface area contributed by atoms with Crippen molar-refractivity contribution in [2.75, 3.05) is 23.3 Å². The predicted molar refractivity (Wildman–Crippen MR) is 128 cm³/mol. The van der Waals surface area contributed by atoms with Gasteiger partial charge in [-0.2, -0.15) is 0 Å². The Kier molecular flexibility index (Phi) is 6.77. The van der Waals surface area contributed by atoms with Crippen molar-refractivity contribution in [2.45, 2.75) is 38.5 Å². The quantitative estimate of drug-likeness (QED) is 0.388. The molecule has 4 N–H and O–H groups in total. The van der Waals surface area contributed by atoms with Gasteiger partial charge in [0.15, 0.2) is 5.96 Å². The molecule has 1 saturated heterocycles. The normalized spacial score (nSPS) is 13.7. The van der Waals surface area contributed by atoms with Gasteiger partial charge in [-0.25, -0.2) is 9.97 Å². The van der Waals surface area contributed by atoms with Crippen molar-refractivity contribution < 1.29 is 0 Å². The van der Waals surface area contributed by atoms with E-state index in [2.05, 4.69) is 46.6 Å². The Morgan fingerprint density at radius 3 is 2.39 bits per heavy atom. The van der Waals surface area contributed by atoms with Crippen LogP contribution in [0.15, 0.2) is 60.7 Å². The molecule has 160 valence electrons. The van der Waals surface area contributed by atoms with E-state index in [1.165, 1.54) is 24.8 Å². The van der Waals surface area contributed by atoms with E-state index in [9.17, 15) is 0 Å². The first kappa shape index (κ1) is 20.8. The second-order valence-corrected chi connectivity index (χ2v) is 8.05. The third kappa shape index (κ3) is 5.81. The number of aryl methyl sites for hydroxylation is 2. The van der Waals surface area contributed by atoms with Gasteiger partial charge in [0.2, 0.25) is 5.95 Å². The molecule has 0 aliphatic carbocycles. The van der Waals surface area contributed by atoms with Crippen molar-refractivity contribution in [1.29, 1.82) is 5.41 Å². The van der Waals surface area contributed by atoms with Crippen molar-refractivity contribution in [3.8, 4) is 11.3 Å². The molecule has 0 atom stereocenters. The summed E-state index contributed by atoms with van der Waals surface area (Å²) in [5.41, 5.74) is 10.7. The molecule has 0 radical (unpaired) electrons. The maximum atomic E-state index is 7.39. The number of piperidine rings is 1. The Labute approximate surface area is 184 Å². The number of benzene rings is 2. The molecule has 6 nitrogen and oxygen atoms in total. The molecule has 3 aromatic rings. The van der Waals surface area contributed by atoms with E-state index in [0.29, 0.717) is 0 Å². The summed E-state index contributed by atoms with van der Waals surface area (Å²) >= 11 is 0. The topological polar surface area (TPSA) is 90.9 Å². The number of hydrogen-bond donors (Lipinski definition) is 3. The number of guanidine groups is 1. The number of nitrogens with two attached hydrogens (primary N) is 1. The van der Waals surface area contributed by atoms with Crippen LogP contribution in [0.1, 0.15) is 36.9 Å². The van der Waals surface area contributed by atoms with Crippen molar-refractivity contribution in [1.82, 2.24) is 9.97 Å². The smallest absolute Gasteiger partial charge is 0.226 e. The van der Waals surface area contributed by atoms with Gasteiger partial charge in [-0.1, -0.05) is 42.5 Å². The van der Waals surface area contributed by atoms with Crippen LogP contribution in [0.3, 0.4) is 0 Å². The molecular weight excluding hydrogens is 384 g/mol. The summed E-state index contributed by atoms with van der Waals surface area (Å²) in [6.45, 7) is 2.04. The second kappa shape index (κ2) is 10.1. The van der Waals surface area contributed by atoms with Crippen LogP contribution in [0.4, 0.5) is 11.6 Å². The van der Waals surface area contributed by atoms with Crippen LogP contribution in [0.5, 0.6) is 0 Å². The highest BCUT2D eigenvalue weighted by Gasteiger charge is 2.16. The summed E-state index contributed by atoms with van der Waals surface area (Å²) in [7, 11) is 0. The van der Waals surface area contributed by atoms with Gasteiger partial charge in [0.25, 0.3) is 0 Å². The number of hydrogen-bond acceptors (Lipinski definition) is 4. The molecule has 31 heavy (non-hydrogen) atoms. The van der Waals surface area contributed by atoms with Gasteiger partial charge < -0.3 is 16.0 Å². The molecule has 4 rings (SSSR count). The Balaban J connectivity index is 1.55. The summed E-state index contributed by atoms with van der Waals surface area (Å²) in [5, 5.41) is 10.2. The van der Waals surface area contributed by atoms with Gasteiger partial charge in [-0.05, 0) is 62.3 Å². The monoisotopic (exact) mass is 414 g/mol. The van der Waals surface area contributed by atoms with E-state index >= 15 is 0 Å². The minimum absolute atomic E-state index is 0.0668. The van der Waals surface area contributed by atoms with E-state index in [4.69, 9.17) is 21.1 Å². The highest BCUT2D eigenvalue weighted by molar-refractivity contribution is 5.89. The largest absolute Gasteiger partial charge is 0.370 e. The summed E-state index contributed by atoms with van der Waals surface area (Å²) in [6.07, 6.45) is 6.71. The number of rotatable bonds is 7. The molecule has 0 bridgehead atoms. The van der Waals surface area contributed by atoms with E-state index in [1.807, 2.05) is 24.3 Å². The molecule has 2 heterocycles. The second-order valence-electron chi connectivity index (χ2n) is 8.05. The number of aromatic nitrogens is 2. The van der Waals surface area contributed by atoms with E-state index in [1.54, 1.807) is 0 Å². The van der Waals surface area contributed by atoms with Crippen molar-refractivity contribution >= 4 is 17.6 Å². The van der Waals surface area contributed by atoms with Crippen LogP contribution in [-0.4, -0.2) is 29.0 Å². The molecular formula is C25H30N6. The Morgan fingerprint density at radius 1 is 0.935 bits per heavy atom. The number of nitrogens with zero attached hydrogens (tertiary/aromatic N) is 3. The molecule has 1 aromatic heterocycles. The Bertz CT molecular complexity index is 994. The Morgan fingerprint density at radius 2 is 1.68 bits per heavy atom. The first-order valence-corrected chi connectivity index (χ1v) is 11.1. The lowest BCUT2D eigenvalue weighted by molar-refractivity contribution is 0.567. The van der Waals surface area contributed by atoms with Crippen molar-refractivity contribution in [3.63, 3.8) is 0 Å². The lowest BCUT2D eigenvalue weighted by atomic mass is 10.1. The zero-order valence-electron chi connectivity index (χ0n) is 17.8. The van der Waals surface area contributed by atoms with Crippen LogP contribution < -0.4 is 16.0 Å². The van der Waals surface area contributed by atoms with E-state index in [0.717, 1.165) is 60.9 Å². The highest BCUT2D eigenvalue weighted by Crippen LogP contribution is 2.25. The SMILES string of the molecule is N=C(N)Nc1ccc(-c2cc(CCCc3ccccc3)nc(N3CCCCC3)n2)cc1. The highest BCUT2D eigenvalue weighted by atomic mass is 15.3. The molecule has 0 amide bonds.